The van der Waals surface area contributed by atoms with E-state index in [0.717, 1.165) is 0 Å². The molecule has 2 aliphatic rings. The molecular weight excluding hydrogens is 164 g/mol. The van der Waals surface area contributed by atoms with Gasteiger partial charge >= 0.3 is 0 Å². The van der Waals surface area contributed by atoms with Crippen LogP contribution in [0.15, 0.2) is 0 Å². The zero-order chi connectivity index (χ0) is 10.0. The number of hydrogen-bond donors (Lipinski definition) is 2. The SMILES string of the molecule is CC1NC2C1C(C)(C)N(O)C2(C)C. The Hall–Kier alpha value is -0.120. The molecule has 0 aliphatic carbocycles. The molecule has 2 heterocycles. The second-order valence-electron chi connectivity index (χ2n) is 5.58. The van der Waals surface area contributed by atoms with Crippen molar-refractivity contribution in [2.24, 2.45) is 5.92 Å². The Balaban J connectivity index is 2.35. The number of fused-ring (bicyclic) bond motifs is 1. The zero-order valence-corrected chi connectivity index (χ0v) is 9.13. The van der Waals surface area contributed by atoms with Crippen molar-refractivity contribution in [1.82, 2.24) is 10.4 Å². The molecule has 13 heavy (non-hydrogen) atoms. The van der Waals surface area contributed by atoms with Crippen molar-refractivity contribution in [3.63, 3.8) is 0 Å². The van der Waals surface area contributed by atoms with Crippen molar-refractivity contribution >= 4 is 0 Å². The van der Waals surface area contributed by atoms with E-state index in [1.54, 1.807) is 0 Å². The van der Waals surface area contributed by atoms with E-state index in [9.17, 15) is 5.21 Å². The monoisotopic (exact) mass is 184 g/mol. The predicted octanol–water partition coefficient (Wildman–Crippen LogP) is 1.22. The normalized spacial score (nSPS) is 47.1. The summed E-state index contributed by atoms with van der Waals surface area (Å²) >= 11 is 0. The van der Waals surface area contributed by atoms with E-state index in [1.807, 2.05) is 0 Å². The molecule has 76 valence electrons. The first-order valence-corrected chi connectivity index (χ1v) is 5.05. The molecule has 2 saturated heterocycles. The van der Waals surface area contributed by atoms with Crippen LogP contribution in [0.2, 0.25) is 0 Å². The van der Waals surface area contributed by atoms with Gasteiger partial charge in [-0.25, -0.2) is 0 Å². The number of hydroxylamine groups is 2. The van der Waals surface area contributed by atoms with Gasteiger partial charge in [-0.15, -0.1) is 0 Å². The van der Waals surface area contributed by atoms with Crippen molar-refractivity contribution in [2.45, 2.75) is 57.8 Å². The van der Waals surface area contributed by atoms with Crippen molar-refractivity contribution in [3.05, 3.63) is 0 Å². The number of nitrogens with one attached hydrogen (secondary N) is 1. The topological polar surface area (TPSA) is 35.5 Å². The van der Waals surface area contributed by atoms with E-state index < -0.39 is 0 Å². The van der Waals surface area contributed by atoms with Crippen molar-refractivity contribution in [2.75, 3.05) is 0 Å². The van der Waals surface area contributed by atoms with E-state index in [1.165, 1.54) is 5.06 Å². The van der Waals surface area contributed by atoms with Crippen molar-refractivity contribution < 1.29 is 5.21 Å². The van der Waals surface area contributed by atoms with Crippen LogP contribution in [0.25, 0.3) is 0 Å². The van der Waals surface area contributed by atoms with Crippen LogP contribution >= 0.6 is 0 Å². The highest BCUT2D eigenvalue weighted by molar-refractivity contribution is 5.19. The quantitative estimate of drug-likeness (QED) is 0.594. The average Bonchev–Trinajstić information content (AvgIpc) is 2.05. The standard InChI is InChI=1S/C10H20N2O/c1-6-7-8(11-6)10(4,5)12(13)9(7,2)3/h6-8,11,13H,1-5H3. The highest BCUT2D eigenvalue weighted by atomic mass is 16.5. The van der Waals surface area contributed by atoms with E-state index in [4.69, 9.17) is 0 Å². The van der Waals surface area contributed by atoms with Crippen LogP contribution in [0.5, 0.6) is 0 Å². The average molecular weight is 184 g/mol. The summed E-state index contributed by atoms with van der Waals surface area (Å²) < 4.78 is 0. The lowest BCUT2D eigenvalue weighted by Gasteiger charge is -2.47. The third-order valence-corrected chi connectivity index (χ3v) is 4.01. The van der Waals surface area contributed by atoms with Gasteiger partial charge in [0.1, 0.15) is 0 Å². The van der Waals surface area contributed by atoms with Crippen LogP contribution in [0, 0.1) is 5.92 Å². The van der Waals surface area contributed by atoms with Gasteiger partial charge in [-0.1, -0.05) is 0 Å². The summed E-state index contributed by atoms with van der Waals surface area (Å²) in [6.07, 6.45) is 0. The van der Waals surface area contributed by atoms with Gasteiger partial charge in [0.05, 0.1) is 5.54 Å². The fourth-order valence-electron chi connectivity index (χ4n) is 3.34. The molecule has 3 atom stereocenters. The molecule has 0 aromatic carbocycles. The highest BCUT2D eigenvalue weighted by Crippen LogP contribution is 2.49. The minimum Gasteiger partial charge on any atom is -0.313 e. The van der Waals surface area contributed by atoms with Gasteiger partial charge in [0, 0.05) is 23.5 Å². The van der Waals surface area contributed by atoms with Gasteiger partial charge in [0.2, 0.25) is 0 Å². The Labute approximate surface area is 80.1 Å². The molecule has 0 aromatic heterocycles. The Morgan fingerprint density at radius 1 is 1.15 bits per heavy atom. The molecule has 0 bridgehead atoms. The van der Waals surface area contributed by atoms with Gasteiger partial charge in [0.25, 0.3) is 0 Å². The lowest BCUT2D eigenvalue weighted by molar-refractivity contribution is -0.195. The Bertz CT molecular complexity index is 237. The van der Waals surface area contributed by atoms with Gasteiger partial charge in [-0.2, -0.15) is 5.06 Å². The summed E-state index contributed by atoms with van der Waals surface area (Å²) in [6.45, 7) is 10.6. The molecule has 2 aliphatic heterocycles. The molecule has 0 spiro atoms. The predicted molar refractivity (Wildman–Crippen MR) is 51.7 cm³/mol. The van der Waals surface area contributed by atoms with Crippen LogP contribution in [-0.4, -0.2) is 33.4 Å². The van der Waals surface area contributed by atoms with Gasteiger partial charge in [-0.3, -0.25) is 0 Å². The van der Waals surface area contributed by atoms with Gasteiger partial charge < -0.3 is 10.5 Å². The summed E-state index contributed by atoms with van der Waals surface area (Å²) in [5.41, 5.74) is -0.237. The lowest BCUT2D eigenvalue weighted by Crippen LogP contribution is -2.66. The molecule has 2 N–H and O–H groups in total. The molecule has 0 aromatic rings. The van der Waals surface area contributed by atoms with E-state index in [-0.39, 0.29) is 11.1 Å². The smallest absolute Gasteiger partial charge is 0.0567 e. The minimum absolute atomic E-state index is 0.0984. The summed E-state index contributed by atoms with van der Waals surface area (Å²) in [5, 5.41) is 15.1. The van der Waals surface area contributed by atoms with Crippen LogP contribution in [0.3, 0.4) is 0 Å². The minimum atomic E-state index is -0.138. The van der Waals surface area contributed by atoms with Crippen LogP contribution < -0.4 is 5.32 Å². The summed E-state index contributed by atoms with van der Waals surface area (Å²) in [7, 11) is 0. The molecule has 3 unspecified atom stereocenters. The summed E-state index contributed by atoms with van der Waals surface area (Å²) in [6, 6.07) is 0.957. The first kappa shape index (κ1) is 9.44. The fraction of sp³-hybridized carbons (Fsp3) is 1.00. The molecular formula is C10H20N2O. The van der Waals surface area contributed by atoms with Crippen LogP contribution in [-0.2, 0) is 0 Å². The maximum absolute atomic E-state index is 10.1. The second kappa shape index (κ2) is 2.27. The third-order valence-electron chi connectivity index (χ3n) is 4.01. The number of hydrogen-bond acceptors (Lipinski definition) is 3. The molecule has 0 saturated carbocycles. The number of nitrogens with zero attached hydrogens (tertiary/aromatic N) is 1. The zero-order valence-electron chi connectivity index (χ0n) is 9.13. The summed E-state index contributed by atoms with van der Waals surface area (Å²) in [5.74, 6) is 0.562. The first-order valence-electron chi connectivity index (χ1n) is 5.05. The Morgan fingerprint density at radius 3 is 2.00 bits per heavy atom. The molecule has 0 radical (unpaired) electrons. The fourth-order valence-corrected chi connectivity index (χ4v) is 3.34. The van der Waals surface area contributed by atoms with Crippen LogP contribution in [0.1, 0.15) is 34.6 Å². The third kappa shape index (κ3) is 0.901. The van der Waals surface area contributed by atoms with Crippen molar-refractivity contribution in [1.29, 1.82) is 0 Å². The molecule has 2 rings (SSSR count). The summed E-state index contributed by atoms with van der Waals surface area (Å²) in [4.78, 5) is 0. The maximum atomic E-state index is 10.1. The molecule has 2 fully saturated rings. The molecule has 0 amide bonds. The van der Waals surface area contributed by atoms with E-state index in [2.05, 4.69) is 39.9 Å². The van der Waals surface area contributed by atoms with E-state index >= 15 is 0 Å². The number of rotatable bonds is 0. The Kier molecular flexibility index (Phi) is 1.65. The van der Waals surface area contributed by atoms with Gasteiger partial charge in [0.15, 0.2) is 0 Å². The largest absolute Gasteiger partial charge is 0.313 e. The molecule has 3 nitrogen and oxygen atoms in total. The van der Waals surface area contributed by atoms with E-state index in [0.29, 0.717) is 18.0 Å². The maximum Gasteiger partial charge on any atom is 0.0567 e. The lowest BCUT2D eigenvalue weighted by atomic mass is 9.71. The van der Waals surface area contributed by atoms with Crippen molar-refractivity contribution in [3.8, 4) is 0 Å². The highest BCUT2D eigenvalue weighted by Gasteiger charge is 2.64. The first-order chi connectivity index (χ1) is 5.79. The van der Waals surface area contributed by atoms with Gasteiger partial charge in [-0.05, 0) is 34.6 Å². The Morgan fingerprint density at radius 2 is 1.69 bits per heavy atom. The van der Waals surface area contributed by atoms with Crippen LogP contribution in [0.4, 0.5) is 0 Å². The molecule has 3 heteroatoms. The second-order valence-corrected chi connectivity index (χ2v) is 5.58.